The standard InChI is InChI=1S/C56H104O4/c1-3-5-7-9-11-13-15-17-19-21-23-25-27-28-29-30-32-34-36-38-40-42-44-46-48-50-52-59-54-55(53-57)60-56(58)51-49-47-45-43-41-39-37-35-33-31-26-24-22-20-18-16-14-12-10-8-6-4-2/h5,7,11,13,17,19,23,25,55,57H,3-4,6,8-10,12,14-16,18,20-22,24,26-54H2,1-2H3/b7-5-,13-11-,19-17-,25-23-. The molecule has 0 saturated heterocycles. The van der Waals surface area contributed by atoms with Gasteiger partial charge in [0.1, 0.15) is 6.10 Å². The van der Waals surface area contributed by atoms with Crippen LogP contribution in [0.25, 0.3) is 0 Å². The first-order valence-electron chi connectivity index (χ1n) is 26.7. The molecular weight excluding hydrogens is 737 g/mol. The number of carbonyl (C=O) groups excluding carboxylic acids is 1. The number of hydrogen-bond donors (Lipinski definition) is 1. The Kier molecular flexibility index (Phi) is 52.0. The van der Waals surface area contributed by atoms with Crippen molar-refractivity contribution in [3.8, 4) is 0 Å². The number of carbonyl (C=O) groups is 1. The molecule has 0 aromatic heterocycles. The monoisotopic (exact) mass is 841 g/mol. The number of hydrogen-bond acceptors (Lipinski definition) is 4. The topological polar surface area (TPSA) is 55.8 Å². The van der Waals surface area contributed by atoms with Crippen LogP contribution in [-0.2, 0) is 14.3 Å². The molecule has 0 heterocycles. The Morgan fingerprint density at radius 3 is 1.13 bits per heavy atom. The molecule has 0 amide bonds. The van der Waals surface area contributed by atoms with Crippen LogP contribution in [0.5, 0.6) is 0 Å². The van der Waals surface area contributed by atoms with E-state index in [-0.39, 0.29) is 12.6 Å². The van der Waals surface area contributed by atoms with Gasteiger partial charge < -0.3 is 14.6 Å². The van der Waals surface area contributed by atoms with Gasteiger partial charge in [0.2, 0.25) is 0 Å². The minimum Gasteiger partial charge on any atom is -0.457 e. The first kappa shape index (κ1) is 58.4. The number of unbranched alkanes of at least 4 members (excludes halogenated alkanes) is 34. The van der Waals surface area contributed by atoms with E-state index in [4.69, 9.17) is 9.47 Å². The fourth-order valence-corrected chi connectivity index (χ4v) is 7.97. The number of aliphatic hydroxyl groups excluding tert-OH is 1. The summed E-state index contributed by atoms with van der Waals surface area (Å²) < 4.78 is 11.2. The quantitative estimate of drug-likeness (QED) is 0.0377. The summed E-state index contributed by atoms with van der Waals surface area (Å²) in [5.41, 5.74) is 0. The number of allylic oxidation sites excluding steroid dienone is 8. The summed E-state index contributed by atoms with van der Waals surface area (Å²) in [5, 5.41) is 9.66. The van der Waals surface area contributed by atoms with Gasteiger partial charge in [-0.25, -0.2) is 0 Å². The van der Waals surface area contributed by atoms with Crippen LogP contribution in [0.15, 0.2) is 48.6 Å². The summed E-state index contributed by atoms with van der Waals surface area (Å²) in [6.45, 7) is 5.28. The van der Waals surface area contributed by atoms with Gasteiger partial charge in [-0.1, -0.05) is 268 Å². The number of aliphatic hydroxyl groups is 1. The Labute approximate surface area is 375 Å². The molecule has 0 aromatic carbocycles. The minimum absolute atomic E-state index is 0.169. The van der Waals surface area contributed by atoms with Crippen molar-refractivity contribution in [1.82, 2.24) is 0 Å². The molecule has 1 atom stereocenters. The third-order valence-corrected chi connectivity index (χ3v) is 11.9. The molecule has 0 spiro atoms. The lowest BCUT2D eigenvalue weighted by atomic mass is 10.0. The van der Waals surface area contributed by atoms with E-state index in [1.54, 1.807) is 0 Å². The van der Waals surface area contributed by atoms with Crippen molar-refractivity contribution in [3.63, 3.8) is 0 Å². The Morgan fingerprint density at radius 1 is 0.417 bits per heavy atom. The smallest absolute Gasteiger partial charge is 0.306 e. The summed E-state index contributed by atoms with van der Waals surface area (Å²) in [4.78, 5) is 12.3. The van der Waals surface area contributed by atoms with Crippen LogP contribution in [0.4, 0.5) is 0 Å². The van der Waals surface area contributed by atoms with E-state index >= 15 is 0 Å². The van der Waals surface area contributed by atoms with Gasteiger partial charge in [-0.3, -0.25) is 4.79 Å². The maximum Gasteiger partial charge on any atom is 0.306 e. The van der Waals surface area contributed by atoms with Gasteiger partial charge >= 0.3 is 5.97 Å². The van der Waals surface area contributed by atoms with E-state index in [1.807, 2.05) is 0 Å². The first-order chi connectivity index (χ1) is 29.7. The zero-order valence-corrected chi connectivity index (χ0v) is 40.5. The fraction of sp³-hybridized carbons (Fsp3) is 0.839. The summed E-state index contributed by atoms with van der Waals surface area (Å²) in [6.07, 6.45) is 70.7. The zero-order valence-electron chi connectivity index (χ0n) is 40.5. The van der Waals surface area contributed by atoms with Crippen LogP contribution in [0.1, 0.15) is 277 Å². The molecule has 0 aliphatic rings. The maximum absolute atomic E-state index is 12.3. The highest BCUT2D eigenvalue weighted by atomic mass is 16.6. The predicted octanol–water partition coefficient (Wildman–Crippen LogP) is 18.2. The van der Waals surface area contributed by atoms with E-state index in [9.17, 15) is 9.90 Å². The molecule has 0 bridgehead atoms. The maximum atomic E-state index is 12.3. The van der Waals surface area contributed by atoms with Gasteiger partial charge in [-0.15, -0.1) is 0 Å². The van der Waals surface area contributed by atoms with Gasteiger partial charge in [0.25, 0.3) is 0 Å². The predicted molar refractivity (Wildman–Crippen MR) is 265 cm³/mol. The van der Waals surface area contributed by atoms with Crippen molar-refractivity contribution in [3.05, 3.63) is 48.6 Å². The first-order valence-corrected chi connectivity index (χ1v) is 26.7. The Balaban J connectivity index is 3.37. The van der Waals surface area contributed by atoms with Crippen molar-refractivity contribution in [1.29, 1.82) is 0 Å². The van der Waals surface area contributed by atoms with Crippen LogP contribution in [0.2, 0.25) is 0 Å². The molecule has 0 saturated carbocycles. The lowest BCUT2D eigenvalue weighted by molar-refractivity contribution is -0.154. The zero-order chi connectivity index (χ0) is 43.3. The third-order valence-electron chi connectivity index (χ3n) is 11.9. The van der Waals surface area contributed by atoms with Crippen LogP contribution >= 0.6 is 0 Å². The van der Waals surface area contributed by atoms with E-state index < -0.39 is 6.10 Å². The van der Waals surface area contributed by atoms with Crippen LogP contribution in [-0.4, -0.2) is 37.0 Å². The van der Waals surface area contributed by atoms with E-state index in [2.05, 4.69) is 62.5 Å². The molecule has 4 nitrogen and oxygen atoms in total. The molecule has 0 fully saturated rings. The fourth-order valence-electron chi connectivity index (χ4n) is 7.97. The molecule has 0 radical (unpaired) electrons. The average molecular weight is 841 g/mol. The van der Waals surface area contributed by atoms with Gasteiger partial charge in [-0.2, -0.15) is 0 Å². The molecular formula is C56H104O4. The van der Waals surface area contributed by atoms with Crippen LogP contribution in [0, 0.1) is 0 Å². The van der Waals surface area contributed by atoms with Crippen molar-refractivity contribution < 1.29 is 19.4 Å². The van der Waals surface area contributed by atoms with E-state index in [1.165, 1.54) is 212 Å². The molecule has 1 N–H and O–H groups in total. The average Bonchev–Trinajstić information content (AvgIpc) is 3.25. The van der Waals surface area contributed by atoms with E-state index in [0.29, 0.717) is 19.6 Å². The Bertz CT molecular complexity index is 936. The molecule has 0 rings (SSSR count). The number of ether oxygens (including phenoxy) is 2. The molecule has 0 aliphatic carbocycles. The molecule has 1 unspecified atom stereocenters. The van der Waals surface area contributed by atoms with Gasteiger partial charge in [-0.05, 0) is 51.4 Å². The molecule has 0 aliphatic heterocycles. The lowest BCUT2D eigenvalue weighted by Crippen LogP contribution is -2.27. The van der Waals surface area contributed by atoms with Gasteiger partial charge in [0.15, 0.2) is 0 Å². The van der Waals surface area contributed by atoms with Crippen LogP contribution < -0.4 is 0 Å². The Morgan fingerprint density at radius 2 is 0.750 bits per heavy atom. The van der Waals surface area contributed by atoms with Crippen molar-refractivity contribution in [2.24, 2.45) is 0 Å². The van der Waals surface area contributed by atoms with Crippen LogP contribution in [0.3, 0.4) is 0 Å². The van der Waals surface area contributed by atoms with Crippen molar-refractivity contribution in [2.75, 3.05) is 19.8 Å². The number of esters is 1. The largest absolute Gasteiger partial charge is 0.457 e. The normalized spacial score (nSPS) is 12.7. The molecule has 60 heavy (non-hydrogen) atoms. The summed E-state index contributed by atoms with van der Waals surface area (Å²) in [7, 11) is 0. The second-order valence-corrected chi connectivity index (χ2v) is 17.9. The summed E-state index contributed by atoms with van der Waals surface area (Å²) in [5.74, 6) is -0.195. The second kappa shape index (κ2) is 53.5. The van der Waals surface area contributed by atoms with Gasteiger partial charge in [0, 0.05) is 13.0 Å². The SMILES string of the molecule is CC/C=C\C/C=C\C/C=C\C/C=C\CCCCCCCCCCCCCCCOCC(CO)OC(=O)CCCCCCCCCCCCCCCCCCCCCCCC. The minimum atomic E-state index is -0.534. The molecule has 0 aromatic rings. The van der Waals surface area contributed by atoms with Crippen molar-refractivity contribution >= 4 is 5.97 Å². The Hall–Kier alpha value is -1.65. The van der Waals surface area contributed by atoms with Gasteiger partial charge in [0.05, 0.1) is 13.2 Å². The molecule has 4 heteroatoms. The highest BCUT2D eigenvalue weighted by Gasteiger charge is 2.13. The second-order valence-electron chi connectivity index (χ2n) is 17.9. The summed E-state index contributed by atoms with van der Waals surface area (Å²) >= 11 is 0. The summed E-state index contributed by atoms with van der Waals surface area (Å²) in [6, 6.07) is 0. The number of rotatable bonds is 50. The van der Waals surface area contributed by atoms with Crippen molar-refractivity contribution in [2.45, 2.75) is 283 Å². The highest BCUT2D eigenvalue weighted by Crippen LogP contribution is 2.17. The van der Waals surface area contributed by atoms with E-state index in [0.717, 1.165) is 44.9 Å². The lowest BCUT2D eigenvalue weighted by Gasteiger charge is -2.16. The third kappa shape index (κ3) is 50.7. The highest BCUT2D eigenvalue weighted by molar-refractivity contribution is 5.69. The molecule has 352 valence electrons.